The molecule has 0 radical (unpaired) electrons. The van der Waals surface area contributed by atoms with Crippen LogP contribution in [0.1, 0.15) is 49.7 Å². The second-order valence-electron chi connectivity index (χ2n) is 8.18. The molecule has 0 unspecified atom stereocenters. The lowest BCUT2D eigenvalue weighted by atomic mass is 9.52. The number of aryl methyl sites for hydroxylation is 1. The molecule has 3 aliphatic rings. The third-order valence-electron chi connectivity index (χ3n) is 7.45. The summed E-state index contributed by atoms with van der Waals surface area (Å²) >= 11 is 2.24. The van der Waals surface area contributed by atoms with E-state index in [0.717, 1.165) is 19.3 Å². The number of methoxy groups -OCH3 is 1. The zero-order valence-electron chi connectivity index (χ0n) is 14.5. The highest BCUT2D eigenvalue weighted by molar-refractivity contribution is 14.1. The maximum Gasteiger partial charge on any atom is 0.0892 e. The van der Waals surface area contributed by atoms with Crippen LogP contribution >= 0.6 is 22.6 Å². The molecule has 4 rings (SSSR count). The van der Waals surface area contributed by atoms with Gasteiger partial charge >= 0.3 is 0 Å². The Labute approximate surface area is 158 Å². The zero-order valence-corrected chi connectivity index (χ0v) is 16.7. The molecule has 1 aromatic rings. The second-order valence-corrected chi connectivity index (χ2v) is 8.90. The maximum atomic E-state index is 11.4. The smallest absolute Gasteiger partial charge is 0.0892 e. The Morgan fingerprint density at radius 1 is 1.29 bits per heavy atom. The minimum Gasteiger partial charge on any atom is -0.385 e. The number of aliphatic hydroxyl groups is 1. The van der Waals surface area contributed by atoms with Crippen LogP contribution in [0.4, 0.5) is 0 Å². The van der Waals surface area contributed by atoms with Gasteiger partial charge in [0.25, 0.3) is 0 Å². The average molecular weight is 438 g/mol. The van der Waals surface area contributed by atoms with E-state index in [9.17, 15) is 5.11 Å². The van der Waals surface area contributed by atoms with Crippen LogP contribution in [-0.4, -0.2) is 23.9 Å². The first-order valence-corrected chi connectivity index (χ1v) is 10.4. The lowest BCUT2D eigenvalue weighted by Gasteiger charge is -2.55. The average Bonchev–Trinajstić information content (AvgIpc) is 2.85. The molecule has 2 nitrogen and oxygen atoms in total. The van der Waals surface area contributed by atoms with E-state index in [4.69, 9.17) is 4.74 Å². The summed E-state index contributed by atoms with van der Waals surface area (Å²) in [6.07, 6.45) is 7.60. The first-order valence-electron chi connectivity index (χ1n) is 9.15. The van der Waals surface area contributed by atoms with Gasteiger partial charge in [0.2, 0.25) is 0 Å². The van der Waals surface area contributed by atoms with E-state index in [-0.39, 0.29) is 11.5 Å². The van der Waals surface area contributed by atoms with Crippen molar-refractivity contribution < 1.29 is 9.84 Å². The molecule has 24 heavy (non-hydrogen) atoms. The van der Waals surface area contributed by atoms with Crippen molar-refractivity contribution in [1.82, 2.24) is 0 Å². The third-order valence-corrected chi connectivity index (χ3v) is 7.81. The van der Waals surface area contributed by atoms with E-state index in [1.807, 2.05) is 17.3 Å². The number of benzene rings is 1. The van der Waals surface area contributed by atoms with Crippen LogP contribution in [0.3, 0.4) is 0 Å². The molecule has 2 saturated carbocycles. The number of fused-ring (bicyclic) bond motifs is 5. The van der Waals surface area contributed by atoms with Gasteiger partial charge in [0.15, 0.2) is 0 Å². The number of hydrogen-bond acceptors (Lipinski definition) is 2. The molecule has 0 amide bonds. The standard InChI is InChI=1S/C21H27IO2/c1-20-13-18(24-2)19-15-6-4-3-5-14(15)7-8-16(19)17(20)9-10-21(20,23)11-12-22/h3-6,11-12,16-19,23H,7-10,13H2,1-2H3/b12-11+/t16-,17-,18-,19+,20-,21+/m0/s1. The molecule has 0 saturated heterocycles. The van der Waals surface area contributed by atoms with Gasteiger partial charge in [0.05, 0.1) is 11.7 Å². The summed E-state index contributed by atoms with van der Waals surface area (Å²) in [5, 5.41) is 11.4. The molecule has 0 bridgehead atoms. The normalized spacial score (nSPS) is 44.2. The topological polar surface area (TPSA) is 29.5 Å². The molecule has 0 spiro atoms. The zero-order chi connectivity index (χ0) is 16.9. The van der Waals surface area contributed by atoms with Gasteiger partial charge in [-0.15, -0.1) is 0 Å². The van der Waals surface area contributed by atoms with Crippen LogP contribution in [0.5, 0.6) is 0 Å². The van der Waals surface area contributed by atoms with Crippen molar-refractivity contribution in [2.75, 3.05) is 7.11 Å². The molecule has 0 aliphatic heterocycles. The Kier molecular flexibility index (Phi) is 4.33. The molecule has 6 atom stereocenters. The molecule has 1 aromatic carbocycles. The molecular weight excluding hydrogens is 411 g/mol. The second kappa shape index (κ2) is 6.10. The quantitative estimate of drug-likeness (QED) is 0.670. The Morgan fingerprint density at radius 3 is 2.83 bits per heavy atom. The maximum absolute atomic E-state index is 11.4. The van der Waals surface area contributed by atoms with Gasteiger partial charge in [0, 0.05) is 18.4 Å². The highest BCUT2D eigenvalue weighted by Crippen LogP contribution is 2.65. The number of rotatable bonds is 2. The minimum absolute atomic E-state index is 0.0806. The van der Waals surface area contributed by atoms with Crippen molar-refractivity contribution in [1.29, 1.82) is 0 Å². The summed E-state index contributed by atoms with van der Waals surface area (Å²) in [5.74, 6) is 1.70. The summed E-state index contributed by atoms with van der Waals surface area (Å²) in [7, 11) is 1.85. The van der Waals surface area contributed by atoms with Gasteiger partial charge in [0.1, 0.15) is 0 Å². The van der Waals surface area contributed by atoms with Crippen molar-refractivity contribution in [3.05, 3.63) is 45.6 Å². The van der Waals surface area contributed by atoms with Gasteiger partial charge in [-0.1, -0.05) is 53.8 Å². The van der Waals surface area contributed by atoms with Crippen LogP contribution in [-0.2, 0) is 11.2 Å². The first-order chi connectivity index (χ1) is 11.5. The number of halogens is 1. The minimum atomic E-state index is -0.683. The molecular formula is C21H27IO2. The monoisotopic (exact) mass is 438 g/mol. The van der Waals surface area contributed by atoms with Crippen molar-refractivity contribution in [2.24, 2.45) is 17.3 Å². The summed E-state index contributed by atoms with van der Waals surface area (Å²) < 4.78 is 8.02. The van der Waals surface area contributed by atoms with Crippen LogP contribution in [0, 0.1) is 17.3 Å². The Morgan fingerprint density at radius 2 is 2.08 bits per heavy atom. The third kappa shape index (κ3) is 2.27. The van der Waals surface area contributed by atoms with Crippen LogP contribution in [0.25, 0.3) is 0 Å². The fourth-order valence-corrected chi connectivity index (χ4v) is 6.81. The SMILES string of the molecule is CO[C@H]1C[C@@]2(C)[C@@H](CC[C@@]2(O)/C=C/I)[C@@H]2CCc3ccccc3[C@H]21. The lowest BCUT2D eigenvalue weighted by Crippen LogP contribution is -2.54. The van der Waals surface area contributed by atoms with Gasteiger partial charge in [-0.05, 0) is 65.2 Å². The fourth-order valence-electron chi connectivity index (χ4n) is 6.22. The molecule has 0 heterocycles. The van der Waals surface area contributed by atoms with Crippen LogP contribution in [0.15, 0.2) is 34.4 Å². The van der Waals surface area contributed by atoms with Crippen molar-refractivity contribution >= 4 is 22.6 Å². The summed E-state index contributed by atoms with van der Waals surface area (Å²) in [6, 6.07) is 8.93. The van der Waals surface area contributed by atoms with Crippen LogP contribution in [0.2, 0.25) is 0 Å². The number of hydrogen-bond donors (Lipinski definition) is 1. The van der Waals surface area contributed by atoms with E-state index >= 15 is 0 Å². The molecule has 1 N–H and O–H groups in total. The largest absolute Gasteiger partial charge is 0.385 e. The number of ether oxygens (including phenoxy) is 1. The highest BCUT2D eigenvalue weighted by atomic mass is 127. The van der Waals surface area contributed by atoms with E-state index in [0.29, 0.717) is 17.8 Å². The van der Waals surface area contributed by atoms with E-state index in [1.54, 1.807) is 0 Å². The predicted octanol–water partition coefficient (Wildman–Crippen LogP) is 4.85. The highest BCUT2D eigenvalue weighted by Gasteiger charge is 2.63. The molecule has 3 aliphatic carbocycles. The van der Waals surface area contributed by atoms with Gasteiger partial charge in [-0.2, -0.15) is 0 Å². The van der Waals surface area contributed by atoms with Crippen molar-refractivity contribution in [3.63, 3.8) is 0 Å². The molecule has 3 heteroatoms. The summed E-state index contributed by atoms with van der Waals surface area (Å²) in [6.45, 7) is 2.31. The molecule has 2 fully saturated rings. The van der Waals surface area contributed by atoms with Gasteiger partial charge < -0.3 is 9.84 Å². The molecule has 0 aromatic heterocycles. The first kappa shape index (κ1) is 17.0. The van der Waals surface area contributed by atoms with Crippen LogP contribution < -0.4 is 0 Å². The Hall–Kier alpha value is -0.390. The van der Waals surface area contributed by atoms with Gasteiger partial charge in [-0.3, -0.25) is 0 Å². The summed E-state index contributed by atoms with van der Waals surface area (Å²) in [5.41, 5.74) is 2.24. The Bertz CT molecular complexity index is 657. The lowest BCUT2D eigenvalue weighted by molar-refractivity contribution is -0.120. The fraction of sp³-hybridized carbons (Fsp3) is 0.619. The van der Waals surface area contributed by atoms with E-state index in [2.05, 4.69) is 53.8 Å². The summed E-state index contributed by atoms with van der Waals surface area (Å²) in [4.78, 5) is 0. The Balaban J connectivity index is 1.78. The van der Waals surface area contributed by atoms with Crippen molar-refractivity contribution in [3.8, 4) is 0 Å². The van der Waals surface area contributed by atoms with Crippen molar-refractivity contribution in [2.45, 2.75) is 56.7 Å². The predicted molar refractivity (Wildman–Crippen MR) is 105 cm³/mol. The molecule has 130 valence electrons. The van der Waals surface area contributed by atoms with E-state index < -0.39 is 5.60 Å². The van der Waals surface area contributed by atoms with E-state index in [1.165, 1.54) is 24.0 Å². The van der Waals surface area contributed by atoms with Gasteiger partial charge in [-0.25, -0.2) is 0 Å².